The predicted molar refractivity (Wildman–Crippen MR) is 61.4 cm³/mol. The van der Waals surface area contributed by atoms with Crippen molar-refractivity contribution in [3.8, 4) is 22.6 Å². The van der Waals surface area contributed by atoms with Gasteiger partial charge >= 0.3 is 0 Å². The summed E-state index contributed by atoms with van der Waals surface area (Å²) in [5.41, 5.74) is 5.01. The molecule has 4 bridgehead atoms. The van der Waals surface area contributed by atoms with E-state index in [-0.39, 0.29) is 0 Å². The van der Waals surface area contributed by atoms with E-state index in [1.807, 2.05) is 24.3 Å². The minimum absolute atomic E-state index is 0.969. The Labute approximate surface area is 89.3 Å². The van der Waals surface area contributed by atoms with Crippen LogP contribution in [0.25, 0.3) is 11.1 Å². The molecule has 0 saturated carbocycles. The molecule has 1 heteroatoms. The molecule has 0 fully saturated rings. The van der Waals surface area contributed by atoms with Crippen LogP contribution in [-0.4, -0.2) is 0 Å². The summed E-state index contributed by atoms with van der Waals surface area (Å²) in [5, 5.41) is 0. The first-order chi connectivity index (χ1) is 7.27. The highest BCUT2D eigenvalue weighted by Gasteiger charge is 2.16. The molecule has 74 valence electrons. The first-order valence-corrected chi connectivity index (χ1v) is 5.15. The Bertz CT molecular complexity index is 492. The number of rotatable bonds is 0. The van der Waals surface area contributed by atoms with Crippen LogP contribution in [0.15, 0.2) is 36.4 Å². The van der Waals surface area contributed by atoms with Gasteiger partial charge in [-0.2, -0.15) is 0 Å². The van der Waals surface area contributed by atoms with E-state index >= 15 is 0 Å². The van der Waals surface area contributed by atoms with Gasteiger partial charge in [0.15, 0.2) is 0 Å². The van der Waals surface area contributed by atoms with Gasteiger partial charge in [-0.05, 0) is 48.2 Å². The molecule has 0 aromatic heterocycles. The summed E-state index contributed by atoms with van der Waals surface area (Å²) in [5.74, 6) is 1.94. The Morgan fingerprint density at radius 3 is 1.67 bits per heavy atom. The van der Waals surface area contributed by atoms with Crippen LogP contribution in [-0.2, 0) is 0 Å². The highest BCUT2D eigenvalue weighted by Crippen LogP contribution is 2.41. The molecule has 0 atom stereocenters. The average molecular weight is 196 g/mol. The topological polar surface area (TPSA) is 9.23 Å². The molecule has 2 aromatic carbocycles. The smallest absolute Gasteiger partial charge is 0.130 e. The Balaban J connectivity index is 2.44. The minimum atomic E-state index is 0.969. The van der Waals surface area contributed by atoms with Gasteiger partial charge in [-0.15, -0.1) is 0 Å². The Morgan fingerprint density at radius 2 is 1.20 bits per heavy atom. The third-order valence-electron chi connectivity index (χ3n) is 3.08. The lowest BCUT2D eigenvalue weighted by molar-refractivity contribution is 0.478. The van der Waals surface area contributed by atoms with Gasteiger partial charge in [-0.3, -0.25) is 0 Å². The molecule has 0 unspecified atom stereocenters. The van der Waals surface area contributed by atoms with E-state index in [2.05, 4.69) is 26.0 Å². The van der Waals surface area contributed by atoms with Crippen LogP contribution in [0.2, 0.25) is 0 Å². The Hall–Kier alpha value is -1.76. The summed E-state index contributed by atoms with van der Waals surface area (Å²) >= 11 is 0. The van der Waals surface area contributed by atoms with Crippen molar-refractivity contribution in [2.45, 2.75) is 13.8 Å². The maximum atomic E-state index is 5.88. The maximum absolute atomic E-state index is 5.88. The van der Waals surface area contributed by atoms with Crippen LogP contribution in [0, 0.1) is 13.8 Å². The van der Waals surface area contributed by atoms with Crippen LogP contribution >= 0.6 is 0 Å². The van der Waals surface area contributed by atoms with E-state index in [1.54, 1.807) is 0 Å². The molecule has 0 N–H and O–H groups in total. The Kier molecular flexibility index (Phi) is 1.63. The van der Waals surface area contributed by atoms with Crippen molar-refractivity contribution in [1.29, 1.82) is 0 Å². The normalized spacial score (nSPS) is 11.9. The van der Waals surface area contributed by atoms with Crippen LogP contribution < -0.4 is 4.74 Å². The second kappa shape index (κ2) is 2.86. The van der Waals surface area contributed by atoms with E-state index in [0.717, 1.165) is 11.5 Å². The van der Waals surface area contributed by atoms with Crippen molar-refractivity contribution in [2.24, 2.45) is 0 Å². The zero-order valence-corrected chi connectivity index (χ0v) is 8.87. The number of hydrogen-bond donors (Lipinski definition) is 0. The highest BCUT2D eigenvalue weighted by molar-refractivity contribution is 5.76. The molecule has 2 aromatic rings. The van der Waals surface area contributed by atoms with Gasteiger partial charge in [0.05, 0.1) is 0 Å². The number of ether oxygens (including phenoxy) is 1. The first kappa shape index (κ1) is 8.54. The van der Waals surface area contributed by atoms with Gasteiger partial charge in [0.2, 0.25) is 0 Å². The summed E-state index contributed by atoms with van der Waals surface area (Å²) in [6.45, 7) is 4.22. The van der Waals surface area contributed by atoms with Crippen molar-refractivity contribution in [2.75, 3.05) is 0 Å². The standard InChI is InChI=1S/C14H12O/c1-9-11-5-3-7-13(9)15-14-8-4-6-12(11)10(14)2/h3-8H,1-2H3. The summed E-state index contributed by atoms with van der Waals surface area (Å²) < 4.78 is 5.88. The maximum Gasteiger partial charge on any atom is 0.130 e. The molecule has 1 heterocycles. The van der Waals surface area contributed by atoms with E-state index < -0.39 is 0 Å². The molecule has 3 rings (SSSR count). The average Bonchev–Trinajstić information content (AvgIpc) is 2.30. The molecule has 1 aliphatic rings. The van der Waals surface area contributed by atoms with E-state index in [0.29, 0.717) is 0 Å². The molecule has 15 heavy (non-hydrogen) atoms. The summed E-state index contributed by atoms with van der Waals surface area (Å²) in [7, 11) is 0. The van der Waals surface area contributed by atoms with Gasteiger partial charge < -0.3 is 4.74 Å². The van der Waals surface area contributed by atoms with Gasteiger partial charge in [0.25, 0.3) is 0 Å². The third kappa shape index (κ3) is 1.09. The van der Waals surface area contributed by atoms with Gasteiger partial charge in [-0.1, -0.05) is 24.3 Å². The van der Waals surface area contributed by atoms with Crippen molar-refractivity contribution in [1.82, 2.24) is 0 Å². The third-order valence-corrected chi connectivity index (χ3v) is 3.08. The van der Waals surface area contributed by atoms with Crippen molar-refractivity contribution >= 4 is 0 Å². The Morgan fingerprint density at radius 1 is 0.733 bits per heavy atom. The second-order valence-electron chi connectivity index (χ2n) is 3.96. The van der Waals surface area contributed by atoms with Crippen LogP contribution in [0.4, 0.5) is 0 Å². The van der Waals surface area contributed by atoms with E-state index in [9.17, 15) is 0 Å². The lowest BCUT2D eigenvalue weighted by Crippen LogP contribution is -1.85. The number of benzene rings is 2. The molecule has 0 spiro atoms. The zero-order valence-electron chi connectivity index (χ0n) is 8.87. The van der Waals surface area contributed by atoms with Gasteiger partial charge in [-0.25, -0.2) is 0 Å². The van der Waals surface area contributed by atoms with E-state index in [1.165, 1.54) is 22.3 Å². The summed E-state index contributed by atoms with van der Waals surface area (Å²) in [6.07, 6.45) is 0. The molecule has 0 radical (unpaired) electrons. The molecule has 0 aliphatic carbocycles. The molecule has 1 aliphatic heterocycles. The monoisotopic (exact) mass is 196 g/mol. The number of hydrogen-bond acceptors (Lipinski definition) is 1. The van der Waals surface area contributed by atoms with E-state index in [4.69, 9.17) is 4.74 Å². The lowest BCUT2D eigenvalue weighted by Gasteiger charge is -2.06. The fraction of sp³-hybridized carbons (Fsp3) is 0.143. The molecule has 0 amide bonds. The zero-order chi connectivity index (χ0) is 10.4. The molecule has 0 saturated heterocycles. The summed E-state index contributed by atoms with van der Waals surface area (Å²) in [4.78, 5) is 0. The predicted octanol–water partition coefficient (Wildman–Crippen LogP) is 4.08. The van der Waals surface area contributed by atoms with Crippen LogP contribution in [0.3, 0.4) is 0 Å². The second-order valence-corrected chi connectivity index (χ2v) is 3.96. The minimum Gasteiger partial charge on any atom is -0.457 e. The van der Waals surface area contributed by atoms with Crippen molar-refractivity contribution in [3.63, 3.8) is 0 Å². The summed E-state index contributed by atoms with van der Waals surface area (Å²) in [6, 6.07) is 12.4. The number of fused-ring (bicyclic) bond motifs is 5. The van der Waals surface area contributed by atoms with Gasteiger partial charge in [0.1, 0.15) is 11.5 Å². The lowest BCUT2D eigenvalue weighted by atomic mass is 9.97. The van der Waals surface area contributed by atoms with Crippen LogP contribution in [0.1, 0.15) is 11.1 Å². The van der Waals surface area contributed by atoms with Crippen molar-refractivity contribution < 1.29 is 4.74 Å². The quantitative estimate of drug-likeness (QED) is 0.526. The first-order valence-electron chi connectivity index (χ1n) is 5.15. The van der Waals surface area contributed by atoms with Crippen LogP contribution in [0.5, 0.6) is 11.5 Å². The fourth-order valence-electron chi connectivity index (χ4n) is 2.15. The molecular formula is C14H12O. The highest BCUT2D eigenvalue weighted by atomic mass is 16.5. The fourth-order valence-corrected chi connectivity index (χ4v) is 2.15. The van der Waals surface area contributed by atoms with Crippen molar-refractivity contribution in [3.05, 3.63) is 47.5 Å². The van der Waals surface area contributed by atoms with Gasteiger partial charge in [0, 0.05) is 0 Å². The largest absolute Gasteiger partial charge is 0.457 e. The molecule has 1 nitrogen and oxygen atoms in total. The SMILES string of the molecule is Cc1c2cccc1-c1cccc(c1C)O2. The molecular weight excluding hydrogens is 184 g/mol.